The number of methoxy groups -OCH3 is 1. The van der Waals surface area contributed by atoms with Crippen molar-refractivity contribution in [3.05, 3.63) is 0 Å². The Balaban J connectivity index is 2.33. The highest BCUT2D eigenvalue weighted by Gasteiger charge is 2.16. The lowest BCUT2D eigenvalue weighted by Crippen LogP contribution is -2.44. The molecule has 2 N–H and O–H groups in total. The molecule has 0 unspecified atom stereocenters. The van der Waals surface area contributed by atoms with Crippen molar-refractivity contribution in [2.45, 2.75) is 6.42 Å². The lowest BCUT2D eigenvalue weighted by atomic mass is 10.4. The van der Waals surface area contributed by atoms with Crippen LogP contribution in [0.2, 0.25) is 0 Å². The van der Waals surface area contributed by atoms with E-state index in [2.05, 4.69) is 10.6 Å². The lowest BCUT2D eigenvalue weighted by Gasteiger charge is -2.22. The number of thiocarbonyl (C=S) groups is 1. The van der Waals surface area contributed by atoms with Gasteiger partial charge >= 0.3 is 0 Å². The summed E-state index contributed by atoms with van der Waals surface area (Å²) < 4.78 is 4.91. The van der Waals surface area contributed by atoms with Crippen molar-refractivity contribution >= 4 is 23.2 Å². The van der Waals surface area contributed by atoms with Crippen molar-refractivity contribution in [3.8, 4) is 0 Å². The van der Waals surface area contributed by atoms with Crippen LogP contribution < -0.4 is 10.6 Å². The van der Waals surface area contributed by atoms with Gasteiger partial charge in [0.25, 0.3) is 0 Å². The van der Waals surface area contributed by atoms with Crippen LogP contribution in [0.4, 0.5) is 0 Å². The Morgan fingerprint density at radius 1 is 1.73 bits per heavy atom. The second-order valence-corrected chi connectivity index (χ2v) is 3.74. The number of ether oxygens (including phenoxy) is 1. The van der Waals surface area contributed by atoms with Crippen LogP contribution in [0, 0.1) is 0 Å². The number of nitrogens with zero attached hydrogens (tertiary/aromatic N) is 1. The highest BCUT2D eigenvalue weighted by molar-refractivity contribution is 7.80. The Kier molecular flexibility index (Phi) is 5.34. The van der Waals surface area contributed by atoms with Gasteiger partial charge in [0.15, 0.2) is 5.11 Å². The minimum atomic E-state index is 0.0309. The Hall–Kier alpha value is -0.880. The molecule has 0 aliphatic carbocycles. The fourth-order valence-corrected chi connectivity index (χ4v) is 1.61. The number of rotatable bonds is 3. The molecule has 15 heavy (non-hydrogen) atoms. The molecule has 86 valence electrons. The van der Waals surface area contributed by atoms with Crippen LogP contribution in [0.3, 0.4) is 0 Å². The Bertz CT molecular complexity index is 235. The third-order valence-corrected chi connectivity index (χ3v) is 2.53. The van der Waals surface area contributed by atoms with E-state index in [1.54, 1.807) is 7.11 Å². The molecule has 5 nitrogen and oxygen atoms in total. The average molecular weight is 231 g/mol. The molecule has 0 aromatic carbocycles. The Morgan fingerprint density at radius 3 is 3.27 bits per heavy atom. The number of amides is 1. The van der Waals surface area contributed by atoms with Crippen molar-refractivity contribution in [2.75, 3.05) is 39.9 Å². The summed E-state index contributed by atoms with van der Waals surface area (Å²) in [6.07, 6.45) is 0.928. The van der Waals surface area contributed by atoms with Crippen LogP contribution in [-0.4, -0.2) is 55.8 Å². The van der Waals surface area contributed by atoms with Gasteiger partial charge in [-0.05, 0) is 18.6 Å². The van der Waals surface area contributed by atoms with Crippen LogP contribution in [0.25, 0.3) is 0 Å². The number of carbonyl (C=O) groups is 1. The standard InChI is InChI=1S/C9H17N3O2S/c1-14-6-4-11-9(15)12-5-2-3-10-8(13)7-12/h2-7H2,1H3,(H,10,13)(H,11,15). The van der Waals surface area contributed by atoms with Crippen LogP contribution in [0.5, 0.6) is 0 Å². The van der Waals surface area contributed by atoms with Gasteiger partial charge in [0.2, 0.25) is 5.91 Å². The highest BCUT2D eigenvalue weighted by atomic mass is 32.1. The van der Waals surface area contributed by atoms with Crippen molar-refractivity contribution in [3.63, 3.8) is 0 Å². The van der Waals surface area contributed by atoms with E-state index >= 15 is 0 Å². The molecule has 6 heteroatoms. The fourth-order valence-electron chi connectivity index (χ4n) is 1.35. The Labute approximate surface area is 95.1 Å². The molecule has 0 aromatic heterocycles. The second-order valence-electron chi connectivity index (χ2n) is 3.35. The third-order valence-electron chi connectivity index (χ3n) is 2.13. The normalized spacial score (nSPS) is 16.9. The molecule has 1 aliphatic rings. The predicted octanol–water partition coefficient (Wildman–Crippen LogP) is -0.671. The van der Waals surface area contributed by atoms with E-state index in [1.807, 2.05) is 4.90 Å². The van der Waals surface area contributed by atoms with Crippen LogP contribution in [-0.2, 0) is 9.53 Å². The summed E-state index contributed by atoms with van der Waals surface area (Å²) in [7, 11) is 1.64. The van der Waals surface area contributed by atoms with Gasteiger partial charge in [0.1, 0.15) is 0 Å². The van der Waals surface area contributed by atoms with Crippen molar-refractivity contribution in [2.24, 2.45) is 0 Å². The fraction of sp³-hybridized carbons (Fsp3) is 0.778. The molecule has 1 amide bonds. The first-order valence-corrected chi connectivity index (χ1v) is 5.43. The number of carbonyl (C=O) groups excluding carboxylic acids is 1. The summed E-state index contributed by atoms with van der Waals surface area (Å²) in [4.78, 5) is 13.1. The molecule has 1 rings (SSSR count). The summed E-state index contributed by atoms with van der Waals surface area (Å²) in [5, 5.41) is 6.49. The minimum absolute atomic E-state index is 0.0309. The maximum atomic E-state index is 11.3. The highest BCUT2D eigenvalue weighted by Crippen LogP contribution is 1.96. The Morgan fingerprint density at radius 2 is 2.53 bits per heavy atom. The minimum Gasteiger partial charge on any atom is -0.383 e. The molecule has 0 atom stereocenters. The van der Waals surface area contributed by atoms with Gasteiger partial charge < -0.3 is 20.3 Å². The van der Waals surface area contributed by atoms with Gasteiger partial charge in [-0.3, -0.25) is 4.79 Å². The monoisotopic (exact) mass is 231 g/mol. The second kappa shape index (κ2) is 6.58. The zero-order valence-corrected chi connectivity index (χ0v) is 9.73. The van der Waals surface area contributed by atoms with E-state index in [9.17, 15) is 4.79 Å². The maximum Gasteiger partial charge on any atom is 0.239 e. The van der Waals surface area contributed by atoms with E-state index in [1.165, 1.54) is 0 Å². The molecular weight excluding hydrogens is 214 g/mol. The lowest BCUT2D eigenvalue weighted by molar-refractivity contribution is -0.120. The van der Waals surface area contributed by atoms with Crippen molar-refractivity contribution in [1.82, 2.24) is 15.5 Å². The molecule has 1 aliphatic heterocycles. The number of nitrogens with one attached hydrogen (secondary N) is 2. The van der Waals surface area contributed by atoms with E-state index in [-0.39, 0.29) is 5.91 Å². The first-order chi connectivity index (χ1) is 7.24. The number of hydrogen-bond acceptors (Lipinski definition) is 3. The molecule has 1 fully saturated rings. The summed E-state index contributed by atoms with van der Waals surface area (Å²) in [6.45, 7) is 3.18. The van der Waals surface area contributed by atoms with Gasteiger partial charge in [0, 0.05) is 26.7 Å². The van der Waals surface area contributed by atoms with E-state index in [0.717, 1.165) is 19.5 Å². The summed E-state index contributed by atoms with van der Waals surface area (Å²) in [5.74, 6) is 0.0309. The summed E-state index contributed by atoms with van der Waals surface area (Å²) in [6, 6.07) is 0. The number of hydrogen-bond donors (Lipinski definition) is 2. The molecule has 1 heterocycles. The topological polar surface area (TPSA) is 53.6 Å². The first-order valence-electron chi connectivity index (χ1n) is 5.02. The molecule has 0 saturated carbocycles. The van der Waals surface area contributed by atoms with Crippen LogP contribution in [0.1, 0.15) is 6.42 Å². The summed E-state index contributed by atoms with van der Waals surface area (Å²) in [5.41, 5.74) is 0. The molecule has 0 spiro atoms. The van der Waals surface area contributed by atoms with Crippen LogP contribution >= 0.6 is 12.2 Å². The molecule has 0 bridgehead atoms. The van der Waals surface area contributed by atoms with Gasteiger partial charge in [-0.1, -0.05) is 0 Å². The smallest absolute Gasteiger partial charge is 0.239 e. The average Bonchev–Trinajstić information content (AvgIpc) is 2.43. The van der Waals surface area contributed by atoms with E-state index < -0.39 is 0 Å². The van der Waals surface area contributed by atoms with Gasteiger partial charge in [0.05, 0.1) is 13.2 Å². The molecule has 0 aromatic rings. The van der Waals surface area contributed by atoms with Gasteiger partial charge in [-0.25, -0.2) is 0 Å². The largest absolute Gasteiger partial charge is 0.383 e. The van der Waals surface area contributed by atoms with Crippen molar-refractivity contribution in [1.29, 1.82) is 0 Å². The SMILES string of the molecule is COCCNC(=S)N1CCCNC(=O)C1. The van der Waals surface area contributed by atoms with E-state index in [0.29, 0.717) is 24.8 Å². The molecule has 1 saturated heterocycles. The van der Waals surface area contributed by atoms with Crippen molar-refractivity contribution < 1.29 is 9.53 Å². The zero-order chi connectivity index (χ0) is 11.1. The van der Waals surface area contributed by atoms with E-state index in [4.69, 9.17) is 17.0 Å². The van der Waals surface area contributed by atoms with Gasteiger partial charge in [-0.15, -0.1) is 0 Å². The molecule has 0 radical (unpaired) electrons. The van der Waals surface area contributed by atoms with Crippen LogP contribution in [0.15, 0.2) is 0 Å². The maximum absolute atomic E-state index is 11.3. The predicted molar refractivity (Wildman–Crippen MR) is 61.7 cm³/mol. The van der Waals surface area contributed by atoms with Gasteiger partial charge in [-0.2, -0.15) is 0 Å². The quantitative estimate of drug-likeness (QED) is 0.498. The third kappa shape index (κ3) is 4.44. The zero-order valence-electron chi connectivity index (χ0n) is 8.91. The first kappa shape index (κ1) is 12.2. The summed E-state index contributed by atoms with van der Waals surface area (Å²) >= 11 is 5.18. The molecular formula is C9H17N3O2S.